The summed E-state index contributed by atoms with van der Waals surface area (Å²) in [6.45, 7) is 8.57. The maximum absolute atomic E-state index is 5.73. The molecule has 1 aliphatic rings. The van der Waals surface area contributed by atoms with E-state index in [0.717, 1.165) is 24.6 Å². The molecule has 1 N–H and O–H groups in total. The Balaban J connectivity index is 2.10. The fourth-order valence-corrected chi connectivity index (χ4v) is 2.42. The zero-order valence-electron chi connectivity index (χ0n) is 10.5. The molecule has 0 radical (unpaired) electrons. The number of hydrogen-bond acceptors (Lipinski definition) is 4. The highest BCUT2D eigenvalue weighted by Crippen LogP contribution is 2.30. The van der Waals surface area contributed by atoms with Gasteiger partial charge in [0.1, 0.15) is 0 Å². The monoisotopic (exact) mass is 223 g/mol. The van der Waals surface area contributed by atoms with Gasteiger partial charge in [0.15, 0.2) is 0 Å². The highest BCUT2D eigenvalue weighted by molar-refractivity contribution is 4.99. The van der Waals surface area contributed by atoms with Gasteiger partial charge in [-0.1, -0.05) is 13.8 Å². The Morgan fingerprint density at radius 3 is 2.31 bits per heavy atom. The summed E-state index contributed by atoms with van der Waals surface area (Å²) >= 11 is 0. The molecule has 4 nitrogen and oxygen atoms in total. The Morgan fingerprint density at radius 1 is 1.19 bits per heavy atom. The third kappa shape index (κ3) is 2.43. The minimum absolute atomic E-state index is 0.317. The molecule has 0 saturated carbocycles. The summed E-state index contributed by atoms with van der Waals surface area (Å²) in [5.74, 6) is 2.32. The number of nitrogens with zero attached hydrogens (tertiary/aromatic N) is 2. The molecule has 0 aromatic carbocycles. The van der Waals surface area contributed by atoms with Crippen LogP contribution in [-0.4, -0.2) is 22.3 Å². The van der Waals surface area contributed by atoms with E-state index in [2.05, 4.69) is 43.2 Å². The van der Waals surface area contributed by atoms with Gasteiger partial charge in [-0.05, 0) is 26.7 Å². The van der Waals surface area contributed by atoms with Gasteiger partial charge in [-0.2, -0.15) is 0 Å². The fourth-order valence-electron chi connectivity index (χ4n) is 2.42. The Bertz CT molecular complexity index is 338. The molecule has 2 rings (SSSR count). The SMILES string of the molecule is CC(C)c1nnc(C2C[C@@H](C)N[C@@H](C)C2)o1. The van der Waals surface area contributed by atoms with Crippen LogP contribution in [0, 0.1) is 0 Å². The summed E-state index contributed by atoms with van der Waals surface area (Å²) < 4.78 is 5.73. The summed E-state index contributed by atoms with van der Waals surface area (Å²) in [7, 11) is 0. The van der Waals surface area contributed by atoms with E-state index < -0.39 is 0 Å². The maximum atomic E-state index is 5.73. The molecular weight excluding hydrogens is 202 g/mol. The lowest BCUT2D eigenvalue weighted by molar-refractivity contribution is 0.277. The van der Waals surface area contributed by atoms with Crippen molar-refractivity contribution in [1.82, 2.24) is 15.5 Å². The van der Waals surface area contributed by atoms with Crippen LogP contribution >= 0.6 is 0 Å². The van der Waals surface area contributed by atoms with Crippen LogP contribution in [-0.2, 0) is 0 Å². The molecule has 90 valence electrons. The van der Waals surface area contributed by atoms with Gasteiger partial charge in [-0.15, -0.1) is 10.2 Å². The van der Waals surface area contributed by atoms with Crippen LogP contribution in [0.4, 0.5) is 0 Å². The van der Waals surface area contributed by atoms with E-state index in [4.69, 9.17) is 4.42 Å². The van der Waals surface area contributed by atoms with Gasteiger partial charge >= 0.3 is 0 Å². The highest BCUT2D eigenvalue weighted by atomic mass is 16.4. The fraction of sp³-hybridized carbons (Fsp3) is 0.833. The topological polar surface area (TPSA) is 51.0 Å². The van der Waals surface area contributed by atoms with Gasteiger partial charge in [0.05, 0.1) is 0 Å². The number of nitrogens with one attached hydrogen (secondary N) is 1. The van der Waals surface area contributed by atoms with Crippen molar-refractivity contribution in [3.63, 3.8) is 0 Å². The third-order valence-electron chi connectivity index (χ3n) is 3.14. The van der Waals surface area contributed by atoms with Gasteiger partial charge in [0, 0.05) is 23.9 Å². The van der Waals surface area contributed by atoms with Crippen LogP contribution in [0.15, 0.2) is 4.42 Å². The second-order valence-corrected chi connectivity index (χ2v) is 5.27. The smallest absolute Gasteiger partial charge is 0.219 e. The Labute approximate surface area is 96.8 Å². The molecule has 4 heteroatoms. The Kier molecular flexibility index (Phi) is 3.28. The number of hydrogen-bond donors (Lipinski definition) is 1. The van der Waals surface area contributed by atoms with E-state index in [-0.39, 0.29) is 0 Å². The molecule has 0 spiro atoms. The average Bonchev–Trinajstić information content (AvgIpc) is 2.64. The number of aromatic nitrogens is 2. The quantitative estimate of drug-likeness (QED) is 0.836. The summed E-state index contributed by atoms with van der Waals surface area (Å²) in [6.07, 6.45) is 2.17. The van der Waals surface area contributed by atoms with E-state index in [1.54, 1.807) is 0 Å². The first-order valence-corrected chi connectivity index (χ1v) is 6.15. The van der Waals surface area contributed by atoms with Crippen molar-refractivity contribution in [3.8, 4) is 0 Å². The van der Waals surface area contributed by atoms with Crippen molar-refractivity contribution in [3.05, 3.63) is 11.8 Å². The van der Waals surface area contributed by atoms with Crippen LogP contribution in [0.25, 0.3) is 0 Å². The molecular formula is C12H21N3O. The molecule has 16 heavy (non-hydrogen) atoms. The van der Waals surface area contributed by atoms with E-state index in [9.17, 15) is 0 Å². The van der Waals surface area contributed by atoms with Crippen molar-refractivity contribution in [2.24, 2.45) is 0 Å². The van der Waals surface area contributed by atoms with Crippen LogP contribution in [0.1, 0.15) is 64.2 Å². The van der Waals surface area contributed by atoms with Gasteiger partial charge < -0.3 is 9.73 Å². The predicted molar refractivity (Wildman–Crippen MR) is 62.4 cm³/mol. The zero-order chi connectivity index (χ0) is 11.7. The van der Waals surface area contributed by atoms with Gasteiger partial charge in [-0.3, -0.25) is 0 Å². The zero-order valence-corrected chi connectivity index (χ0v) is 10.5. The minimum Gasteiger partial charge on any atom is -0.425 e. The Morgan fingerprint density at radius 2 is 1.81 bits per heavy atom. The number of piperidine rings is 1. The molecule has 1 fully saturated rings. The lowest BCUT2D eigenvalue weighted by atomic mass is 9.89. The number of rotatable bonds is 2. The van der Waals surface area contributed by atoms with Gasteiger partial charge in [0.2, 0.25) is 11.8 Å². The van der Waals surface area contributed by atoms with Crippen LogP contribution in [0.2, 0.25) is 0 Å². The van der Waals surface area contributed by atoms with Crippen molar-refractivity contribution in [2.75, 3.05) is 0 Å². The van der Waals surface area contributed by atoms with E-state index >= 15 is 0 Å². The highest BCUT2D eigenvalue weighted by Gasteiger charge is 2.28. The lowest BCUT2D eigenvalue weighted by Crippen LogP contribution is -2.41. The van der Waals surface area contributed by atoms with Crippen LogP contribution in [0.5, 0.6) is 0 Å². The van der Waals surface area contributed by atoms with Crippen molar-refractivity contribution < 1.29 is 4.42 Å². The molecule has 0 bridgehead atoms. The van der Waals surface area contributed by atoms with E-state index in [1.165, 1.54) is 0 Å². The average molecular weight is 223 g/mol. The normalized spacial score (nSPS) is 30.9. The van der Waals surface area contributed by atoms with Gasteiger partial charge in [-0.25, -0.2) is 0 Å². The molecule has 0 aliphatic carbocycles. The first-order valence-electron chi connectivity index (χ1n) is 6.15. The largest absolute Gasteiger partial charge is 0.425 e. The van der Waals surface area contributed by atoms with Crippen LogP contribution < -0.4 is 5.32 Å². The first-order chi connectivity index (χ1) is 7.56. The van der Waals surface area contributed by atoms with Crippen molar-refractivity contribution >= 4 is 0 Å². The second-order valence-electron chi connectivity index (χ2n) is 5.27. The molecule has 3 atom stereocenters. The summed E-state index contributed by atoms with van der Waals surface area (Å²) in [5, 5.41) is 11.8. The summed E-state index contributed by atoms with van der Waals surface area (Å²) in [5.41, 5.74) is 0. The molecule has 1 aromatic rings. The maximum Gasteiger partial charge on any atom is 0.219 e. The van der Waals surface area contributed by atoms with E-state index in [1.807, 2.05) is 0 Å². The molecule has 1 aromatic heterocycles. The van der Waals surface area contributed by atoms with E-state index in [0.29, 0.717) is 23.9 Å². The summed E-state index contributed by atoms with van der Waals surface area (Å²) in [4.78, 5) is 0. The second kappa shape index (κ2) is 4.53. The molecule has 1 aliphatic heterocycles. The molecule has 1 saturated heterocycles. The third-order valence-corrected chi connectivity index (χ3v) is 3.14. The van der Waals surface area contributed by atoms with Crippen molar-refractivity contribution in [1.29, 1.82) is 0 Å². The lowest BCUT2D eigenvalue weighted by Gasteiger charge is -2.30. The predicted octanol–water partition coefficient (Wildman–Crippen LogP) is 2.44. The molecule has 0 amide bonds. The Hall–Kier alpha value is -0.900. The van der Waals surface area contributed by atoms with Gasteiger partial charge in [0.25, 0.3) is 0 Å². The standard InChI is InChI=1S/C12H21N3O/c1-7(2)11-14-15-12(16-11)10-5-8(3)13-9(4)6-10/h7-10,13H,5-6H2,1-4H3/t8-,9+,10?. The molecule has 1 unspecified atom stereocenters. The van der Waals surface area contributed by atoms with Crippen LogP contribution in [0.3, 0.4) is 0 Å². The minimum atomic E-state index is 0.317. The first kappa shape index (κ1) is 11.6. The summed E-state index contributed by atoms with van der Waals surface area (Å²) in [6, 6.07) is 1.06. The molecule has 2 heterocycles. The van der Waals surface area contributed by atoms with Crippen molar-refractivity contribution in [2.45, 2.75) is 64.5 Å².